The molecule has 1 aromatic carbocycles. The van der Waals surface area contributed by atoms with Gasteiger partial charge in [-0.15, -0.1) is 0 Å². The highest BCUT2D eigenvalue weighted by Gasteiger charge is 2.29. The third kappa shape index (κ3) is 3.47. The predicted octanol–water partition coefficient (Wildman–Crippen LogP) is 1.74. The van der Waals surface area contributed by atoms with Gasteiger partial charge in [-0.1, -0.05) is 13.0 Å². The zero-order valence-electron chi connectivity index (χ0n) is 13.1. The van der Waals surface area contributed by atoms with Gasteiger partial charge in [0, 0.05) is 5.92 Å². The number of carbonyl (C=O) groups excluding carboxylic acids is 1. The Morgan fingerprint density at radius 1 is 1.24 bits per heavy atom. The minimum absolute atomic E-state index is 0.0360. The number of hydrogen-bond donors (Lipinski definition) is 2. The summed E-state index contributed by atoms with van der Waals surface area (Å²) in [6.45, 7) is 5.83. The van der Waals surface area contributed by atoms with Crippen LogP contribution in [0, 0.1) is 11.8 Å². The first-order valence-corrected chi connectivity index (χ1v) is 7.29. The van der Waals surface area contributed by atoms with Crippen molar-refractivity contribution in [3.05, 3.63) is 23.8 Å². The monoisotopic (exact) mass is 292 g/mol. The van der Waals surface area contributed by atoms with Crippen LogP contribution in [0.5, 0.6) is 11.5 Å². The minimum Gasteiger partial charge on any atom is -0.493 e. The fraction of sp³-hybridized carbons (Fsp3) is 0.562. The lowest BCUT2D eigenvalue weighted by Crippen LogP contribution is -2.49. The van der Waals surface area contributed by atoms with Gasteiger partial charge in [-0.3, -0.25) is 4.79 Å². The van der Waals surface area contributed by atoms with E-state index in [2.05, 4.69) is 10.6 Å². The van der Waals surface area contributed by atoms with Crippen molar-refractivity contribution in [3.63, 3.8) is 0 Å². The van der Waals surface area contributed by atoms with Crippen LogP contribution >= 0.6 is 0 Å². The van der Waals surface area contributed by atoms with E-state index in [0.29, 0.717) is 17.4 Å². The number of rotatable bonds is 6. The highest BCUT2D eigenvalue weighted by molar-refractivity contribution is 5.79. The highest BCUT2D eigenvalue weighted by Crippen LogP contribution is 2.30. The van der Waals surface area contributed by atoms with Crippen LogP contribution in [-0.2, 0) is 4.79 Å². The van der Waals surface area contributed by atoms with Crippen LogP contribution in [0.1, 0.15) is 25.5 Å². The molecule has 0 spiro atoms. The number of benzene rings is 1. The summed E-state index contributed by atoms with van der Waals surface area (Å²) < 4.78 is 10.5. The van der Waals surface area contributed by atoms with E-state index in [-0.39, 0.29) is 17.9 Å². The molecule has 1 aliphatic rings. The lowest BCUT2D eigenvalue weighted by molar-refractivity contribution is -0.127. The molecule has 0 radical (unpaired) electrons. The van der Waals surface area contributed by atoms with Crippen LogP contribution in [0.25, 0.3) is 0 Å². The van der Waals surface area contributed by atoms with Crippen LogP contribution in [0.3, 0.4) is 0 Å². The van der Waals surface area contributed by atoms with Crippen molar-refractivity contribution in [2.24, 2.45) is 11.8 Å². The van der Waals surface area contributed by atoms with Gasteiger partial charge in [0.05, 0.1) is 20.3 Å². The van der Waals surface area contributed by atoms with Gasteiger partial charge in [-0.2, -0.15) is 0 Å². The Bertz CT molecular complexity index is 500. The van der Waals surface area contributed by atoms with E-state index in [0.717, 1.165) is 18.7 Å². The summed E-state index contributed by atoms with van der Waals surface area (Å²) in [6.07, 6.45) is 0. The third-order valence-corrected chi connectivity index (χ3v) is 4.20. The van der Waals surface area contributed by atoms with E-state index in [1.54, 1.807) is 14.2 Å². The van der Waals surface area contributed by atoms with Crippen molar-refractivity contribution < 1.29 is 14.3 Å². The molecule has 1 saturated heterocycles. The van der Waals surface area contributed by atoms with Gasteiger partial charge >= 0.3 is 0 Å². The Hall–Kier alpha value is -1.75. The molecule has 1 fully saturated rings. The molecule has 1 aromatic rings. The molecule has 5 nitrogen and oxygen atoms in total. The number of methoxy groups -OCH3 is 2. The quantitative estimate of drug-likeness (QED) is 0.838. The molecule has 0 aliphatic carbocycles. The zero-order chi connectivity index (χ0) is 15.4. The molecule has 2 rings (SSSR count). The van der Waals surface area contributed by atoms with Crippen molar-refractivity contribution in [1.29, 1.82) is 0 Å². The Kier molecular flexibility index (Phi) is 5.07. The molecule has 0 bridgehead atoms. The molecule has 21 heavy (non-hydrogen) atoms. The smallest absolute Gasteiger partial charge is 0.223 e. The Labute approximate surface area is 126 Å². The van der Waals surface area contributed by atoms with Crippen molar-refractivity contribution in [3.8, 4) is 11.5 Å². The fourth-order valence-corrected chi connectivity index (χ4v) is 2.43. The average molecular weight is 292 g/mol. The van der Waals surface area contributed by atoms with Crippen LogP contribution in [0.15, 0.2) is 18.2 Å². The maximum absolute atomic E-state index is 12.2. The molecular weight excluding hydrogens is 268 g/mol. The number of nitrogens with one attached hydrogen (secondary N) is 2. The summed E-state index contributed by atoms with van der Waals surface area (Å²) in [4.78, 5) is 12.2. The van der Waals surface area contributed by atoms with Gasteiger partial charge in [0.25, 0.3) is 0 Å². The summed E-state index contributed by atoms with van der Waals surface area (Å²) in [5.41, 5.74) is 1.000. The van der Waals surface area contributed by atoms with E-state index in [9.17, 15) is 4.79 Å². The largest absolute Gasteiger partial charge is 0.493 e. The molecule has 0 aromatic heterocycles. The molecule has 1 heterocycles. The fourth-order valence-electron chi connectivity index (χ4n) is 2.43. The van der Waals surface area contributed by atoms with Gasteiger partial charge in [-0.25, -0.2) is 0 Å². The maximum Gasteiger partial charge on any atom is 0.223 e. The summed E-state index contributed by atoms with van der Waals surface area (Å²) in [5, 5.41) is 6.27. The molecule has 1 amide bonds. The van der Waals surface area contributed by atoms with E-state index in [1.807, 2.05) is 32.0 Å². The first-order chi connectivity index (χ1) is 10.1. The molecule has 2 N–H and O–H groups in total. The van der Waals surface area contributed by atoms with Crippen LogP contribution in [-0.4, -0.2) is 33.2 Å². The summed E-state index contributed by atoms with van der Waals surface area (Å²) in [6, 6.07) is 5.64. The highest BCUT2D eigenvalue weighted by atomic mass is 16.5. The summed E-state index contributed by atoms with van der Waals surface area (Å²) >= 11 is 0. The molecule has 2 unspecified atom stereocenters. The Morgan fingerprint density at radius 2 is 1.90 bits per heavy atom. The number of ether oxygens (including phenoxy) is 2. The molecule has 1 aliphatic heterocycles. The molecule has 116 valence electrons. The van der Waals surface area contributed by atoms with Crippen molar-refractivity contribution >= 4 is 5.91 Å². The third-order valence-electron chi connectivity index (χ3n) is 4.20. The molecule has 2 atom stereocenters. The first-order valence-electron chi connectivity index (χ1n) is 7.29. The van der Waals surface area contributed by atoms with Gasteiger partial charge < -0.3 is 20.1 Å². The van der Waals surface area contributed by atoms with E-state index < -0.39 is 0 Å². The zero-order valence-corrected chi connectivity index (χ0v) is 13.1. The van der Waals surface area contributed by atoms with Gasteiger partial charge in [0.2, 0.25) is 5.91 Å². The Balaban J connectivity index is 2.02. The summed E-state index contributed by atoms with van der Waals surface area (Å²) in [5.74, 6) is 1.95. The van der Waals surface area contributed by atoms with E-state index in [4.69, 9.17) is 9.47 Å². The average Bonchev–Trinajstić information content (AvgIpc) is 2.44. The van der Waals surface area contributed by atoms with Crippen LogP contribution < -0.4 is 20.1 Å². The Morgan fingerprint density at radius 3 is 2.43 bits per heavy atom. The van der Waals surface area contributed by atoms with Gasteiger partial charge in [0.15, 0.2) is 11.5 Å². The second-order valence-electron chi connectivity index (χ2n) is 5.55. The lowest BCUT2D eigenvalue weighted by Gasteiger charge is -2.32. The van der Waals surface area contributed by atoms with Gasteiger partial charge in [-0.05, 0) is 43.6 Å². The standard InChI is InChI=1S/C16H24N2O3/c1-10(13-8-17-9-13)16(19)18-11(2)12-5-6-14(20-3)15(7-12)21-4/h5-7,10-11,13,17H,8-9H2,1-4H3,(H,18,19). The van der Waals surface area contributed by atoms with Crippen molar-refractivity contribution in [2.75, 3.05) is 27.3 Å². The van der Waals surface area contributed by atoms with Gasteiger partial charge in [0.1, 0.15) is 0 Å². The molecule has 0 saturated carbocycles. The van der Waals surface area contributed by atoms with Crippen molar-refractivity contribution in [1.82, 2.24) is 10.6 Å². The topological polar surface area (TPSA) is 59.6 Å². The number of hydrogen-bond acceptors (Lipinski definition) is 4. The minimum atomic E-state index is -0.0622. The number of carbonyl (C=O) groups is 1. The van der Waals surface area contributed by atoms with Crippen molar-refractivity contribution in [2.45, 2.75) is 19.9 Å². The van der Waals surface area contributed by atoms with Crippen LogP contribution in [0.2, 0.25) is 0 Å². The van der Waals surface area contributed by atoms with E-state index >= 15 is 0 Å². The SMILES string of the molecule is COc1ccc(C(C)NC(=O)C(C)C2CNC2)cc1OC. The first kappa shape index (κ1) is 15.6. The van der Waals surface area contributed by atoms with E-state index in [1.165, 1.54) is 0 Å². The second kappa shape index (κ2) is 6.80. The maximum atomic E-state index is 12.2. The molecule has 5 heteroatoms. The van der Waals surface area contributed by atoms with Crippen LogP contribution in [0.4, 0.5) is 0 Å². The lowest BCUT2D eigenvalue weighted by atomic mass is 9.88. The molecular formula is C16H24N2O3. The number of amides is 1. The second-order valence-corrected chi connectivity index (χ2v) is 5.55. The normalized spacial score (nSPS) is 17.5. The predicted molar refractivity (Wildman–Crippen MR) is 81.6 cm³/mol. The summed E-state index contributed by atoms with van der Waals surface area (Å²) in [7, 11) is 3.22.